The number of hydrazine groups is 4. The SMILES string of the molecule is CCCCCCCCCCC[C@@H]1c2cc(c(OCC(=O)NN)cc2OC)[C@H](CCCCCCCCCCC)c2cc(c(OCC(=O)NN)cc2OC)[C@H](CCCCCCCCCCC)c2cc(c(OCC(=O)NN)cc2OC)[C@H](CCCCCCCCCCC)c2cc1c(OCC(=O)NN)cc2OC. The molecule has 104 heavy (non-hydrogen) atoms. The normalized spacial score (nSPS) is 14.7. The minimum absolute atomic E-state index is 0.389. The van der Waals surface area contributed by atoms with Crippen LogP contribution in [-0.4, -0.2) is 78.5 Å². The fraction of sp³-hybridized carbons (Fsp3) is 0.667. The summed E-state index contributed by atoms with van der Waals surface area (Å²) in [6.45, 7) is 7.42. The van der Waals surface area contributed by atoms with Gasteiger partial charge in [-0.05, 0) is 49.9 Å². The average Bonchev–Trinajstić information content (AvgIpc) is 0.751. The summed E-state index contributed by atoms with van der Waals surface area (Å²) >= 11 is 0. The van der Waals surface area contributed by atoms with Crippen LogP contribution in [-0.2, 0) is 19.2 Å². The number of rotatable bonds is 56. The molecule has 12 N–H and O–H groups in total. The molecule has 0 saturated carbocycles. The van der Waals surface area contributed by atoms with Crippen LogP contribution in [0.5, 0.6) is 46.0 Å². The zero-order chi connectivity index (χ0) is 75.1. The number of methoxy groups -OCH3 is 4. The Hall–Kier alpha value is -7.00. The maximum atomic E-state index is 13.4. The highest BCUT2D eigenvalue weighted by Gasteiger charge is 2.36. The van der Waals surface area contributed by atoms with E-state index in [9.17, 15) is 19.2 Å². The van der Waals surface area contributed by atoms with Crippen LogP contribution in [0.3, 0.4) is 0 Å². The van der Waals surface area contributed by atoms with Crippen molar-refractivity contribution in [1.29, 1.82) is 0 Å². The number of fused-ring (bicyclic) bond motifs is 8. The number of nitrogens with one attached hydrogen (secondary N) is 4. The molecule has 4 atom stereocenters. The van der Waals surface area contributed by atoms with Crippen molar-refractivity contribution in [1.82, 2.24) is 21.7 Å². The molecule has 0 heterocycles. The number of unbranched alkanes of at least 4 members (excludes halogenated alkanes) is 32. The van der Waals surface area contributed by atoms with E-state index in [0.29, 0.717) is 71.7 Å². The van der Waals surface area contributed by atoms with Crippen LogP contribution < -0.4 is 83.0 Å². The van der Waals surface area contributed by atoms with E-state index in [1.165, 1.54) is 128 Å². The van der Waals surface area contributed by atoms with E-state index < -0.39 is 47.3 Å². The molecule has 20 heteroatoms. The molecule has 0 radical (unpaired) electrons. The predicted octanol–water partition coefficient (Wildman–Crippen LogP) is 17.7. The first-order chi connectivity index (χ1) is 50.8. The molecule has 1 aliphatic carbocycles. The summed E-state index contributed by atoms with van der Waals surface area (Å²) in [5.41, 5.74) is 15.6. The number of hydrogen-bond acceptors (Lipinski definition) is 16. The smallest absolute Gasteiger partial charge is 0.271 e. The summed E-state index contributed by atoms with van der Waals surface area (Å²) in [5.74, 6) is 23.0. The molecule has 4 amide bonds. The highest BCUT2D eigenvalue weighted by atomic mass is 16.5. The molecule has 4 aromatic rings. The van der Waals surface area contributed by atoms with Crippen LogP contribution in [0, 0.1) is 0 Å². The third-order valence-electron chi connectivity index (χ3n) is 20.9. The number of carbonyl (C=O) groups is 4. The Labute approximate surface area is 624 Å². The van der Waals surface area contributed by atoms with Gasteiger partial charge in [0.05, 0.1) is 28.4 Å². The molecule has 5 rings (SSSR count). The molecule has 1 aliphatic rings. The van der Waals surface area contributed by atoms with Gasteiger partial charge in [0.1, 0.15) is 46.0 Å². The van der Waals surface area contributed by atoms with Gasteiger partial charge in [-0.3, -0.25) is 40.9 Å². The van der Waals surface area contributed by atoms with Crippen molar-refractivity contribution >= 4 is 23.6 Å². The minimum atomic E-state index is -0.521. The quantitative estimate of drug-likeness (QED) is 0.00882. The number of amides is 4. The van der Waals surface area contributed by atoms with Crippen LogP contribution in [0.1, 0.15) is 353 Å². The van der Waals surface area contributed by atoms with E-state index in [-0.39, 0.29) is 26.4 Å². The van der Waals surface area contributed by atoms with Gasteiger partial charge in [-0.25, -0.2) is 23.4 Å². The van der Waals surface area contributed by atoms with Crippen molar-refractivity contribution in [3.05, 3.63) is 93.0 Å². The van der Waals surface area contributed by atoms with E-state index in [4.69, 9.17) is 61.3 Å². The van der Waals surface area contributed by atoms with Gasteiger partial charge < -0.3 is 37.9 Å². The Morgan fingerprint density at radius 2 is 0.404 bits per heavy atom. The van der Waals surface area contributed by atoms with Gasteiger partial charge in [0.2, 0.25) is 0 Å². The maximum absolute atomic E-state index is 13.4. The van der Waals surface area contributed by atoms with Gasteiger partial charge in [0.25, 0.3) is 23.6 Å². The average molecular weight is 1450 g/mol. The number of nitrogens with two attached hydrogens (primary N) is 4. The summed E-state index contributed by atoms with van der Waals surface area (Å²) in [4.78, 5) is 53.7. The largest absolute Gasteiger partial charge is 0.496 e. The van der Waals surface area contributed by atoms with E-state index in [0.717, 1.165) is 147 Å². The second kappa shape index (κ2) is 52.1. The van der Waals surface area contributed by atoms with Crippen molar-refractivity contribution in [3.63, 3.8) is 0 Å². The molecule has 0 unspecified atom stereocenters. The predicted molar refractivity (Wildman–Crippen MR) is 418 cm³/mol. The topological polar surface area (TPSA) is 294 Å². The lowest BCUT2D eigenvalue weighted by Crippen LogP contribution is -2.34. The van der Waals surface area contributed by atoms with Gasteiger partial charge in [-0.1, -0.05) is 259 Å². The molecule has 0 spiro atoms. The number of ether oxygens (including phenoxy) is 8. The first-order valence-electron chi connectivity index (χ1n) is 40.2. The molecular weight excluding hydrogens is 1310 g/mol. The Bertz CT molecular complexity index is 2700. The summed E-state index contributed by atoms with van der Waals surface area (Å²) in [6.07, 6.45) is 42.5. The van der Waals surface area contributed by atoms with Gasteiger partial charge in [-0.15, -0.1) is 0 Å². The van der Waals surface area contributed by atoms with E-state index >= 15 is 0 Å². The van der Waals surface area contributed by atoms with Gasteiger partial charge in [0, 0.05) is 92.4 Å². The Morgan fingerprint density at radius 1 is 0.250 bits per heavy atom. The minimum Gasteiger partial charge on any atom is -0.496 e. The molecule has 8 bridgehead atoms. The van der Waals surface area contributed by atoms with Crippen molar-refractivity contribution in [2.24, 2.45) is 23.4 Å². The van der Waals surface area contributed by atoms with Crippen molar-refractivity contribution < 1.29 is 57.1 Å². The first-order valence-corrected chi connectivity index (χ1v) is 40.2. The standard InChI is InChI=1S/C84H136N8O12/c1-9-13-17-21-25-29-33-37-41-45-61-65-49-70(78(53-73(65)97-5)102-58-82(94)90-86)63(47-43-39-35-31-27-23-19-15-11-3)67-51-72(80(55-75(67)99-7)104-60-84(96)92-88)64(48-44-40-36-32-28-24-20-16-12-4)68-52-71(79(56-76(68)100-8)103-59-83(95)91-87)62(46-42-38-34-30-26-22-18-14-10-2)66-50-69(61)77(54-74(66)98-6)101-57-81(93)89-85/h49-56,61-64H,9-48,57-60,85-88H2,1-8H3,(H,89,93)(H,90,94)(H,91,95)(H,92,96)/t61-,62-,63-,64-/m1/s1. The van der Waals surface area contributed by atoms with E-state index in [1.807, 2.05) is 24.3 Å². The highest BCUT2D eigenvalue weighted by Crippen LogP contribution is 2.54. The summed E-state index contributed by atoms with van der Waals surface area (Å²) in [5, 5.41) is 0. The van der Waals surface area contributed by atoms with Crippen molar-refractivity contribution in [2.75, 3.05) is 54.9 Å². The summed E-state index contributed by atoms with van der Waals surface area (Å²) in [6, 6.07) is 16.4. The zero-order valence-corrected chi connectivity index (χ0v) is 65.2. The monoisotopic (exact) mass is 1450 g/mol. The first kappa shape index (κ1) is 87.6. The molecular formula is C84H136N8O12. The van der Waals surface area contributed by atoms with E-state index in [2.05, 4.69) is 73.7 Å². The third kappa shape index (κ3) is 29.4. The van der Waals surface area contributed by atoms with Gasteiger partial charge in [0.15, 0.2) is 26.4 Å². The Morgan fingerprint density at radius 3 is 0.558 bits per heavy atom. The number of benzene rings is 4. The summed E-state index contributed by atoms with van der Waals surface area (Å²) < 4.78 is 53.4. The van der Waals surface area contributed by atoms with Crippen molar-refractivity contribution in [2.45, 2.75) is 308 Å². The lowest BCUT2D eigenvalue weighted by molar-refractivity contribution is -0.123. The van der Waals surface area contributed by atoms with Crippen LogP contribution in [0.2, 0.25) is 0 Å². The molecule has 4 aromatic carbocycles. The molecule has 20 nitrogen and oxygen atoms in total. The lowest BCUT2D eigenvalue weighted by Gasteiger charge is -2.32. The second-order valence-electron chi connectivity index (χ2n) is 28.6. The van der Waals surface area contributed by atoms with Gasteiger partial charge >= 0.3 is 0 Å². The second-order valence-corrected chi connectivity index (χ2v) is 28.6. The van der Waals surface area contributed by atoms with Gasteiger partial charge in [-0.2, -0.15) is 0 Å². The Kier molecular flexibility index (Phi) is 43.9. The molecule has 0 aromatic heterocycles. The molecule has 584 valence electrons. The molecule has 0 fully saturated rings. The highest BCUT2D eigenvalue weighted by molar-refractivity contribution is 5.78. The Balaban J connectivity index is 2.06. The molecule has 0 saturated heterocycles. The number of carbonyl (C=O) groups excluding carboxylic acids is 4. The van der Waals surface area contributed by atoms with Crippen LogP contribution >= 0.6 is 0 Å². The lowest BCUT2D eigenvalue weighted by atomic mass is 9.76. The van der Waals surface area contributed by atoms with E-state index in [1.54, 1.807) is 28.4 Å². The molecule has 0 aliphatic heterocycles. The fourth-order valence-corrected chi connectivity index (χ4v) is 15.1. The fourth-order valence-electron chi connectivity index (χ4n) is 15.1. The van der Waals surface area contributed by atoms with Crippen LogP contribution in [0.4, 0.5) is 0 Å². The summed E-state index contributed by atoms with van der Waals surface area (Å²) in [7, 11) is 6.61. The third-order valence-corrected chi connectivity index (χ3v) is 20.9. The van der Waals surface area contributed by atoms with Crippen LogP contribution in [0.15, 0.2) is 48.5 Å². The zero-order valence-electron chi connectivity index (χ0n) is 65.2. The van der Waals surface area contributed by atoms with Crippen LogP contribution in [0.25, 0.3) is 0 Å². The maximum Gasteiger partial charge on any atom is 0.271 e. The number of hydrogen-bond donors (Lipinski definition) is 8. The van der Waals surface area contributed by atoms with Crippen molar-refractivity contribution in [3.8, 4) is 46.0 Å².